The smallest absolute Gasteiger partial charge is 0.258 e. The molecule has 0 spiro atoms. The average molecular weight is 365 g/mol. The van der Waals surface area contributed by atoms with Crippen LogP contribution in [0.3, 0.4) is 0 Å². The van der Waals surface area contributed by atoms with Crippen LogP contribution in [-0.4, -0.2) is 4.92 Å². The summed E-state index contributed by atoms with van der Waals surface area (Å²) in [4.78, 5) is 11.3. The largest absolute Gasteiger partial charge is 0.277 e. The molecule has 1 aliphatic carbocycles. The topological polar surface area (TPSA) is 43.1 Å². The Hall–Kier alpha value is -3.46. The molecule has 0 unspecified atom stereocenters. The molecule has 0 aliphatic heterocycles. The van der Waals surface area contributed by atoms with Gasteiger partial charge in [-0.25, -0.2) is 0 Å². The summed E-state index contributed by atoms with van der Waals surface area (Å²) in [5.41, 5.74) is 7.09. The number of rotatable bonds is 2. The molecule has 136 valence electrons. The molecule has 0 bridgehead atoms. The zero-order chi connectivity index (χ0) is 19.5. The van der Waals surface area contributed by atoms with E-state index in [1.165, 1.54) is 22.3 Å². The molecule has 5 rings (SSSR count). The highest BCUT2D eigenvalue weighted by atomic mass is 16.6. The predicted molar refractivity (Wildman–Crippen MR) is 114 cm³/mol. The van der Waals surface area contributed by atoms with Crippen LogP contribution in [-0.2, 0) is 5.41 Å². The van der Waals surface area contributed by atoms with Crippen LogP contribution in [0, 0.1) is 10.1 Å². The van der Waals surface area contributed by atoms with Gasteiger partial charge >= 0.3 is 0 Å². The molecule has 0 saturated carbocycles. The molecule has 0 N–H and O–H groups in total. The van der Waals surface area contributed by atoms with Gasteiger partial charge in [0.2, 0.25) is 0 Å². The molecule has 0 heterocycles. The first-order valence-corrected chi connectivity index (χ1v) is 9.39. The van der Waals surface area contributed by atoms with Crippen molar-refractivity contribution in [1.29, 1.82) is 0 Å². The highest BCUT2D eigenvalue weighted by Gasteiger charge is 2.35. The summed E-state index contributed by atoms with van der Waals surface area (Å²) >= 11 is 0. The zero-order valence-corrected chi connectivity index (χ0v) is 15.8. The Bertz CT molecular complexity index is 1270. The van der Waals surface area contributed by atoms with Crippen LogP contribution in [0.5, 0.6) is 0 Å². The second kappa shape index (κ2) is 5.77. The fourth-order valence-electron chi connectivity index (χ4n) is 4.60. The first kappa shape index (κ1) is 16.7. The lowest BCUT2D eigenvalue weighted by molar-refractivity contribution is -0.383. The number of hydrogen-bond donors (Lipinski definition) is 0. The second-order valence-electron chi connectivity index (χ2n) is 7.87. The number of nitro groups is 1. The Morgan fingerprint density at radius 1 is 0.750 bits per heavy atom. The minimum Gasteiger partial charge on any atom is -0.258 e. The molecule has 0 amide bonds. The summed E-state index contributed by atoms with van der Waals surface area (Å²) in [5.74, 6) is 0. The molecule has 0 radical (unpaired) electrons. The number of fused-ring (bicyclic) bond motifs is 4. The van der Waals surface area contributed by atoms with Crippen LogP contribution < -0.4 is 0 Å². The third-order valence-corrected chi connectivity index (χ3v) is 5.97. The lowest BCUT2D eigenvalue weighted by Gasteiger charge is -2.21. The molecule has 4 aromatic carbocycles. The zero-order valence-electron chi connectivity index (χ0n) is 15.8. The number of non-ortho nitro benzene ring substituents is 1. The normalized spacial score (nSPS) is 13.9. The van der Waals surface area contributed by atoms with Crippen LogP contribution >= 0.6 is 0 Å². The SMILES string of the molecule is CC1(C)c2ccccc2-c2cc(-c3cccc4cccc([N+](=O)[O-])c34)ccc21. The summed E-state index contributed by atoms with van der Waals surface area (Å²) < 4.78 is 0. The van der Waals surface area contributed by atoms with Crippen molar-refractivity contribution >= 4 is 16.5 Å². The van der Waals surface area contributed by atoms with Crippen molar-refractivity contribution in [3.05, 3.63) is 100 Å². The van der Waals surface area contributed by atoms with Gasteiger partial charge in [0.05, 0.1) is 10.3 Å². The molecule has 0 atom stereocenters. The van der Waals surface area contributed by atoms with Gasteiger partial charge < -0.3 is 0 Å². The minimum absolute atomic E-state index is 0.0464. The summed E-state index contributed by atoms with van der Waals surface area (Å²) in [6.07, 6.45) is 0. The Kier molecular flexibility index (Phi) is 3.44. The third kappa shape index (κ3) is 2.23. The predicted octanol–water partition coefficient (Wildman–Crippen LogP) is 6.72. The molecule has 28 heavy (non-hydrogen) atoms. The van der Waals surface area contributed by atoms with Crippen molar-refractivity contribution in [3.8, 4) is 22.3 Å². The van der Waals surface area contributed by atoms with Gasteiger partial charge in [0, 0.05) is 11.5 Å². The highest BCUT2D eigenvalue weighted by Crippen LogP contribution is 2.50. The molecule has 0 saturated heterocycles. The fourth-order valence-corrected chi connectivity index (χ4v) is 4.60. The van der Waals surface area contributed by atoms with Gasteiger partial charge in [-0.3, -0.25) is 10.1 Å². The summed E-state index contributed by atoms with van der Waals surface area (Å²) in [6.45, 7) is 4.50. The van der Waals surface area contributed by atoms with Gasteiger partial charge in [0.25, 0.3) is 5.69 Å². The second-order valence-corrected chi connectivity index (χ2v) is 7.87. The van der Waals surface area contributed by atoms with Gasteiger partial charge in [-0.15, -0.1) is 0 Å². The van der Waals surface area contributed by atoms with Crippen LogP contribution in [0.25, 0.3) is 33.0 Å². The Balaban J connectivity index is 1.80. The van der Waals surface area contributed by atoms with Gasteiger partial charge in [0.15, 0.2) is 0 Å². The summed E-state index contributed by atoms with van der Waals surface area (Å²) in [6, 6.07) is 26.1. The van der Waals surface area contributed by atoms with Crippen LogP contribution in [0.15, 0.2) is 78.9 Å². The number of hydrogen-bond acceptors (Lipinski definition) is 2. The first-order chi connectivity index (χ1) is 13.5. The average Bonchev–Trinajstić information content (AvgIpc) is 2.94. The van der Waals surface area contributed by atoms with Crippen LogP contribution in [0.4, 0.5) is 5.69 Å². The number of benzene rings is 4. The maximum absolute atomic E-state index is 11.6. The van der Waals surface area contributed by atoms with Crippen molar-refractivity contribution in [1.82, 2.24) is 0 Å². The Labute approximate surface area is 163 Å². The molecule has 4 aromatic rings. The summed E-state index contributed by atoms with van der Waals surface area (Å²) in [5, 5.41) is 13.2. The van der Waals surface area contributed by atoms with E-state index in [2.05, 4.69) is 56.3 Å². The molecule has 0 aromatic heterocycles. The van der Waals surface area contributed by atoms with E-state index in [9.17, 15) is 10.1 Å². The van der Waals surface area contributed by atoms with Crippen molar-refractivity contribution < 1.29 is 4.92 Å². The van der Waals surface area contributed by atoms with Gasteiger partial charge in [-0.2, -0.15) is 0 Å². The van der Waals surface area contributed by atoms with Gasteiger partial charge in [-0.05, 0) is 44.8 Å². The molecule has 3 heteroatoms. The van der Waals surface area contributed by atoms with Crippen molar-refractivity contribution in [2.75, 3.05) is 0 Å². The van der Waals surface area contributed by atoms with E-state index in [0.29, 0.717) is 5.39 Å². The monoisotopic (exact) mass is 365 g/mol. The number of nitrogens with zero attached hydrogens (tertiary/aromatic N) is 1. The lowest BCUT2D eigenvalue weighted by Crippen LogP contribution is -2.14. The molecule has 1 aliphatic rings. The Morgan fingerprint density at radius 2 is 1.43 bits per heavy atom. The van der Waals surface area contributed by atoms with E-state index in [4.69, 9.17) is 0 Å². The molecule has 3 nitrogen and oxygen atoms in total. The minimum atomic E-state index is -0.294. The van der Waals surface area contributed by atoms with E-state index in [1.807, 2.05) is 24.3 Å². The maximum Gasteiger partial charge on any atom is 0.277 e. The Morgan fingerprint density at radius 3 is 2.21 bits per heavy atom. The van der Waals surface area contributed by atoms with Crippen LogP contribution in [0.2, 0.25) is 0 Å². The van der Waals surface area contributed by atoms with E-state index < -0.39 is 0 Å². The maximum atomic E-state index is 11.6. The quantitative estimate of drug-likeness (QED) is 0.292. The third-order valence-electron chi connectivity index (χ3n) is 5.97. The van der Waals surface area contributed by atoms with Crippen molar-refractivity contribution in [2.45, 2.75) is 19.3 Å². The molecule has 0 fully saturated rings. The first-order valence-electron chi connectivity index (χ1n) is 9.39. The molecular weight excluding hydrogens is 346 g/mol. The molecular formula is C25H19NO2. The summed E-state index contributed by atoms with van der Waals surface area (Å²) in [7, 11) is 0. The van der Waals surface area contributed by atoms with Crippen molar-refractivity contribution in [3.63, 3.8) is 0 Å². The number of nitro benzene ring substituents is 1. The highest BCUT2D eigenvalue weighted by molar-refractivity contribution is 6.03. The fraction of sp³-hybridized carbons (Fsp3) is 0.120. The lowest BCUT2D eigenvalue weighted by atomic mass is 9.82. The van der Waals surface area contributed by atoms with E-state index in [1.54, 1.807) is 12.1 Å². The van der Waals surface area contributed by atoms with E-state index >= 15 is 0 Å². The van der Waals surface area contributed by atoms with Gasteiger partial charge in [0.1, 0.15) is 0 Å². The standard InChI is InChI=1S/C25H19NO2/c1-25(2)21-11-4-3-9-19(21)20-15-17(13-14-22(20)25)18-10-5-7-16-8-6-12-23(24(16)18)26(27)28/h3-15H,1-2H3. The van der Waals surface area contributed by atoms with Crippen LogP contribution in [0.1, 0.15) is 25.0 Å². The van der Waals surface area contributed by atoms with E-state index in [-0.39, 0.29) is 16.0 Å². The van der Waals surface area contributed by atoms with Crippen molar-refractivity contribution in [2.24, 2.45) is 0 Å². The van der Waals surface area contributed by atoms with E-state index in [0.717, 1.165) is 16.5 Å². The van der Waals surface area contributed by atoms with Gasteiger partial charge in [-0.1, -0.05) is 80.6 Å².